The second-order valence-corrected chi connectivity index (χ2v) is 7.82. The standard InChI is InChI=1S/C23H23N3O2/c27-22(24-18-10-8-15-5-4-6-16(15)13-18)17-9-11-19-20(14-17)25-21-7-2-1-3-12-26(21)23(19)28/h8-11,13-14H,1-7,12H2,(H,24,27). The number of aryl methyl sites for hydroxylation is 3. The Bertz CT molecular complexity index is 1150. The van der Waals surface area contributed by atoms with E-state index in [4.69, 9.17) is 4.98 Å². The molecule has 142 valence electrons. The van der Waals surface area contributed by atoms with Gasteiger partial charge in [-0.1, -0.05) is 12.5 Å². The molecule has 5 rings (SSSR count). The first-order chi connectivity index (χ1) is 13.7. The zero-order valence-corrected chi connectivity index (χ0v) is 15.8. The molecule has 2 aliphatic rings. The van der Waals surface area contributed by atoms with Crippen molar-refractivity contribution in [2.45, 2.75) is 51.5 Å². The second-order valence-electron chi connectivity index (χ2n) is 7.82. The molecule has 3 aromatic rings. The average molecular weight is 373 g/mol. The van der Waals surface area contributed by atoms with Crippen LogP contribution in [0.1, 0.15) is 53.0 Å². The van der Waals surface area contributed by atoms with Gasteiger partial charge in [-0.05, 0) is 73.6 Å². The number of aromatic nitrogens is 2. The highest BCUT2D eigenvalue weighted by molar-refractivity contribution is 6.06. The normalized spacial score (nSPS) is 15.7. The van der Waals surface area contributed by atoms with Gasteiger partial charge in [0.2, 0.25) is 0 Å². The molecule has 1 amide bonds. The van der Waals surface area contributed by atoms with Gasteiger partial charge in [0.05, 0.1) is 10.9 Å². The fourth-order valence-corrected chi connectivity index (χ4v) is 4.41. The number of fused-ring (bicyclic) bond motifs is 3. The summed E-state index contributed by atoms with van der Waals surface area (Å²) < 4.78 is 1.81. The molecule has 28 heavy (non-hydrogen) atoms. The van der Waals surface area contributed by atoms with Gasteiger partial charge in [0.25, 0.3) is 11.5 Å². The van der Waals surface area contributed by atoms with Gasteiger partial charge in [0.1, 0.15) is 5.82 Å². The van der Waals surface area contributed by atoms with Crippen LogP contribution in [0.15, 0.2) is 41.2 Å². The summed E-state index contributed by atoms with van der Waals surface area (Å²) in [6, 6.07) is 11.3. The molecule has 1 aliphatic heterocycles. The van der Waals surface area contributed by atoms with Crippen molar-refractivity contribution in [3.63, 3.8) is 0 Å². The lowest BCUT2D eigenvalue weighted by atomic mass is 10.1. The topological polar surface area (TPSA) is 64.0 Å². The molecule has 1 aromatic heterocycles. The molecule has 0 spiro atoms. The van der Waals surface area contributed by atoms with Crippen molar-refractivity contribution in [3.05, 3.63) is 69.3 Å². The van der Waals surface area contributed by atoms with Crippen molar-refractivity contribution in [3.8, 4) is 0 Å². The molecule has 0 atom stereocenters. The lowest BCUT2D eigenvalue weighted by Crippen LogP contribution is -2.24. The van der Waals surface area contributed by atoms with Gasteiger partial charge in [-0.2, -0.15) is 0 Å². The Morgan fingerprint density at radius 2 is 1.82 bits per heavy atom. The summed E-state index contributed by atoms with van der Waals surface area (Å²) in [5.74, 6) is 0.669. The Labute approximate surface area is 163 Å². The summed E-state index contributed by atoms with van der Waals surface area (Å²) in [4.78, 5) is 30.3. The van der Waals surface area contributed by atoms with Crippen LogP contribution in [-0.2, 0) is 25.8 Å². The molecule has 5 nitrogen and oxygen atoms in total. The number of hydrogen-bond donors (Lipinski definition) is 1. The molecule has 2 aromatic carbocycles. The molecular formula is C23H23N3O2. The Hall–Kier alpha value is -2.95. The van der Waals surface area contributed by atoms with Crippen molar-refractivity contribution < 1.29 is 4.79 Å². The van der Waals surface area contributed by atoms with Gasteiger partial charge in [-0.3, -0.25) is 14.2 Å². The highest BCUT2D eigenvalue weighted by Crippen LogP contribution is 2.25. The number of anilines is 1. The van der Waals surface area contributed by atoms with Crippen LogP contribution < -0.4 is 10.9 Å². The first kappa shape index (κ1) is 17.2. The van der Waals surface area contributed by atoms with Crippen LogP contribution >= 0.6 is 0 Å². The summed E-state index contributed by atoms with van der Waals surface area (Å²) in [6.45, 7) is 0.734. The van der Waals surface area contributed by atoms with E-state index in [1.807, 2.05) is 6.07 Å². The van der Waals surface area contributed by atoms with Crippen molar-refractivity contribution in [1.82, 2.24) is 9.55 Å². The molecule has 5 heteroatoms. The lowest BCUT2D eigenvalue weighted by molar-refractivity contribution is 0.102. The minimum absolute atomic E-state index is 0.00693. The first-order valence-corrected chi connectivity index (χ1v) is 10.2. The van der Waals surface area contributed by atoms with Crippen molar-refractivity contribution in [2.75, 3.05) is 5.32 Å². The van der Waals surface area contributed by atoms with E-state index in [0.717, 1.165) is 56.6 Å². The van der Waals surface area contributed by atoms with E-state index < -0.39 is 0 Å². The third-order valence-electron chi connectivity index (χ3n) is 5.94. The smallest absolute Gasteiger partial charge is 0.261 e. The van der Waals surface area contributed by atoms with Crippen LogP contribution in [-0.4, -0.2) is 15.5 Å². The molecule has 1 N–H and O–H groups in total. The van der Waals surface area contributed by atoms with Gasteiger partial charge >= 0.3 is 0 Å². The first-order valence-electron chi connectivity index (χ1n) is 10.2. The Morgan fingerprint density at radius 1 is 0.929 bits per heavy atom. The van der Waals surface area contributed by atoms with Gasteiger partial charge < -0.3 is 5.32 Å². The second kappa shape index (κ2) is 6.89. The fraction of sp³-hybridized carbons (Fsp3) is 0.348. The molecule has 0 bridgehead atoms. The largest absolute Gasteiger partial charge is 0.322 e. The van der Waals surface area contributed by atoms with Crippen LogP contribution in [0.5, 0.6) is 0 Å². The molecule has 0 saturated carbocycles. The number of hydrogen-bond acceptors (Lipinski definition) is 3. The molecule has 0 radical (unpaired) electrons. The predicted molar refractivity (Wildman–Crippen MR) is 110 cm³/mol. The van der Waals surface area contributed by atoms with Gasteiger partial charge in [-0.15, -0.1) is 0 Å². The highest BCUT2D eigenvalue weighted by atomic mass is 16.1. The minimum atomic E-state index is -0.170. The average Bonchev–Trinajstić information content (AvgIpc) is 3.04. The third-order valence-corrected chi connectivity index (χ3v) is 5.94. The van der Waals surface area contributed by atoms with Crippen LogP contribution in [0.2, 0.25) is 0 Å². The molecule has 0 unspecified atom stereocenters. The Kier molecular flexibility index (Phi) is 4.23. The Morgan fingerprint density at radius 3 is 2.75 bits per heavy atom. The maximum atomic E-state index is 12.8. The number of amides is 1. The van der Waals surface area contributed by atoms with E-state index in [0.29, 0.717) is 16.5 Å². The predicted octanol–water partition coefficient (Wildman–Crippen LogP) is 3.86. The van der Waals surface area contributed by atoms with Crippen LogP contribution in [0.3, 0.4) is 0 Å². The molecule has 0 fully saturated rings. The van der Waals surface area contributed by atoms with Crippen molar-refractivity contribution in [2.24, 2.45) is 0 Å². The maximum Gasteiger partial charge on any atom is 0.261 e. The summed E-state index contributed by atoms with van der Waals surface area (Å²) in [7, 11) is 0. The van der Waals surface area contributed by atoms with Crippen LogP contribution in [0.25, 0.3) is 10.9 Å². The number of carbonyl (C=O) groups excluding carboxylic acids is 1. The maximum absolute atomic E-state index is 12.8. The minimum Gasteiger partial charge on any atom is -0.322 e. The van der Waals surface area contributed by atoms with E-state index in [9.17, 15) is 9.59 Å². The molecular weight excluding hydrogens is 350 g/mol. The van der Waals surface area contributed by atoms with Crippen LogP contribution in [0, 0.1) is 0 Å². The molecule has 1 aliphatic carbocycles. The molecule has 2 heterocycles. The summed E-state index contributed by atoms with van der Waals surface area (Å²) >= 11 is 0. The van der Waals surface area contributed by atoms with E-state index in [2.05, 4.69) is 17.4 Å². The monoisotopic (exact) mass is 373 g/mol. The van der Waals surface area contributed by atoms with Gasteiger partial charge in [0, 0.05) is 24.2 Å². The Balaban J connectivity index is 1.47. The number of nitrogens with one attached hydrogen (secondary N) is 1. The van der Waals surface area contributed by atoms with Crippen LogP contribution in [0.4, 0.5) is 5.69 Å². The van der Waals surface area contributed by atoms with Crippen molar-refractivity contribution >= 4 is 22.5 Å². The van der Waals surface area contributed by atoms with E-state index >= 15 is 0 Å². The zero-order valence-electron chi connectivity index (χ0n) is 15.8. The number of nitrogens with zero attached hydrogens (tertiary/aromatic N) is 2. The molecule has 0 saturated heterocycles. The van der Waals surface area contributed by atoms with Gasteiger partial charge in [-0.25, -0.2) is 4.98 Å². The quantitative estimate of drug-likeness (QED) is 0.742. The third kappa shape index (κ3) is 3.01. The fourth-order valence-electron chi connectivity index (χ4n) is 4.41. The summed E-state index contributed by atoms with van der Waals surface area (Å²) in [5.41, 5.74) is 4.68. The van der Waals surface area contributed by atoms with Gasteiger partial charge in [0.15, 0.2) is 0 Å². The lowest BCUT2D eigenvalue weighted by Gasteiger charge is -2.11. The number of rotatable bonds is 2. The summed E-state index contributed by atoms with van der Waals surface area (Å²) in [6.07, 6.45) is 7.39. The highest BCUT2D eigenvalue weighted by Gasteiger charge is 2.16. The van der Waals surface area contributed by atoms with Crippen molar-refractivity contribution in [1.29, 1.82) is 0 Å². The SMILES string of the molecule is O=C(Nc1ccc2c(c1)CCC2)c1ccc2c(=O)n3c(nc2c1)CCCCC3. The zero-order chi connectivity index (χ0) is 19.1. The summed E-state index contributed by atoms with van der Waals surface area (Å²) in [5, 5.41) is 3.57. The van der Waals surface area contributed by atoms with E-state index in [1.54, 1.807) is 22.8 Å². The van der Waals surface area contributed by atoms with E-state index in [-0.39, 0.29) is 11.5 Å². The van der Waals surface area contributed by atoms with E-state index in [1.165, 1.54) is 17.5 Å². The number of carbonyl (C=O) groups is 1. The number of benzene rings is 2.